The quantitative estimate of drug-likeness (QED) is 0.589. The molecule has 1 aliphatic rings. The van der Waals surface area contributed by atoms with Gasteiger partial charge in [0.1, 0.15) is 6.61 Å². The molecule has 0 aliphatic carbocycles. The van der Waals surface area contributed by atoms with Crippen LogP contribution >= 0.6 is 0 Å². The van der Waals surface area contributed by atoms with Gasteiger partial charge in [-0.05, 0) is 49.4 Å². The molecule has 0 spiro atoms. The van der Waals surface area contributed by atoms with Crippen molar-refractivity contribution < 1.29 is 22.7 Å². The van der Waals surface area contributed by atoms with Crippen LogP contribution in [-0.4, -0.2) is 33.6 Å². The zero-order chi connectivity index (χ0) is 22.7. The number of amides is 2. The van der Waals surface area contributed by atoms with Crippen LogP contribution in [0.15, 0.2) is 77.7 Å². The van der Waals surface area contributed by atoms with Crippen LogP contribution in [0.5, 0.6) is 0 Å². The van der Waals surface area contributed by atoms with Crippen molar-refractivity contribution >= 4 is 39.1 Å². The Balaban J connectivity index is 1.56. The Hall–Kier alpha value is -3.85. The number of hydrogen-bond acceptors (Lipinski definition) is 5. The van der Waals surface area contributed by atoms with Crippen molar-refractivity contribution in [2.45, 2.75) is 11.8 Å². The normalized spacial score (nSPS) is 13.5. The number of nitrogens with zero attached hydrogens (tertiary/aromatic N) is 1. The molecule has 4 rings (SSSR count). The van der Waals surface area contributed by atoms with Crippen LogP contribution in [0.2, 0.25) is 0 Å². The minimum Gasteiger partial charge on any atom is -0.447 e. The first-order chi connectivity index (χ1) is 15.3. The number of rotatable bonds is 6. The molecule has 0 radical (unpaired) electrons. The summed E-state index contributed by atoms with van der Waals surface area (Å²) in [6, 6.07) is 19.5. The van der Waals surface area contributed by atoms with Gasteiger partial charge in [-0.15, -0.1) is 0 Å². The van der Waals surface area contributed by atoms with Crippen molar-refractivity contribution in [3.05, 3.63) is 83.9 Å². The molecule has 3 aromatic rings. The molecule has 0 unspecified atom stereocenters. The fourth-order valence-electron chi connectivity index (χ4n) is 3.26. The zero-order valence-electron chi connectivity index (χ0n) is 17.2. The van der Waals surface area contributed by atoms with E-state index in [4.69, 9.17) is 4.74 Å². The van der Waals surface area contributed by atoms with Crippen LogP contribution in [-0.2, 0) is 14.8 Å². The molecule has 9 heteroatoms. The molecule has 2 N–H and O–H groups in total. The van der Waals surface area contributed by atoms with Gasteiger partial charge < -0.3 is 10.1 Å². The molecule has 0 aromatic heterocycles. The Morgan fingerprint density at radius 2 is 1.75 bits per heavy atom. The van der Waals surface area contributed by atoms with Gasteiger partial charge in [0.25, 0.3) is 15.9 Å². The van der Waals surface area contributed by atoms with E-state index in [2.05, 4.69) is 10.0 Å². The van der Waals surface area contributed by atoms with Gasteiger partial charge in [0.2, 0.25) is 0 Å². The van der Waals surface area contributed by atoms with Crippen LogP contribution < -0.4 is 14.9 Å². The van der Waals surface area contributed by atoms with Crippen molar-refractivity contribution in [2.75, 3.05) is 28.1 Å². The van der Waals surface area contributed by atoms with Gasteiger partial charge in [0.05, 0.1) is 22.8 Å². The Labute approximate surface area is 185 Å². The average molecular weight is 452 g/mol. The minimum atomic E-state index is -3.88. The van der Waals surface area contributed by atoms with Gasteiger partial charge in [0.15, 0.2) is 0 Å². The van der Waals surface area contributed by atoms with E-state index in [1.54, 1.807) is 48.5 Å². The second-order valence-corrected chi connectivity index (χ2v) is 8.92. The largest absolute Gasteiger partial charge is 0.447 e. The predicted octanol–water partition coefficient (Wildman–Crippen LogP) is 4.00. The third kappa shape index (κ3) is 4.57. The first kappa shape index (κ1) is 21.4. The van der Waals surface area contributed by atoms with E-state index in [1.165, 1.54) is 29.2 Å². The highest BCUT2D eigenvalue weighted by atomic mass is 32.2. The summed E-state index contributed by atoms with van der Waals surface area (Å²) >= 11 is 0. The summed E-state index contributed by atoms with van der Waals surface area (Å²) in [4.78, 5) is 26.2. The van der Waals surface area contributed by atoms with Crippen LogP contribution in [0.25, 0.3) is 0 Å². The number of carbonyl (C=O) groups is 2. The van der Waals surface area contributed by atoms with E-state index in [0.29, 0.717) is 23.6 Å². The number of nitrogens with one attached hydrogen (secondary N) is 2. The van der Waals surface area contributed by atoms with E-state index in [9.17, 15) is 18.0 Å². The molecule has 2 amide bonds. The lowest BCUT2D eigenvalue weighted by atomic mass is 10.2. The van der Waals surface area contributed by atoms with E-state index in [0.717, 1.165) is 5.56 Å². The predicted molar refractivity (Wildman–Crippen MR) is 122 cm³/mol. The van der Waals surface area contributed by atoms with E-state index < -0.39 is 22.0 Å². The number of cyclic esters (lactones) is 1. The van der Waals surface area contributed by atoms with Gasteiger partial charge in [-0.3, -0.25) is 14.4 Å². The molecule has 164 valence electrons. The van der Waals surface area contributed by atoms with Gasteiger partial charge >= 0.3 is 6.09 Å². The van der Waals surface area contributed by atoms with Crippen LogP contribution in [0, 0.1) is 6.92 Å². The second-order valence-electron chi connectivity index (χ2n) is 7.24. The number of ether oxygens (including phenoxy) is 1. The highest BCUT2D eigenvalue weighted by Crippen LogP contribution is 2.28. The first-order valence-corrected chi connectivity index (χ1v) is 11.4. The van der Waals surface area contributed by atoms with Crippen molar-refractivity contribution in [1.82, 2.24) is 0 Å². The Morgan fingerprint density at radius 1 is 1.00 bits per heavy atom. The summed E-state index contributed by atoms with van der Waals surface area (Å²) in [7, 11) is -3.88. The van der Waals surface area contributed by atoms with E-state index in [1.807, 2.05) is 6.92 Å². The maximum absolute atomic E-state index is 12.9. The molecule has 1 aliphatic heterocycles. The van der Waals surface area contributed by atoms with Crippen molar-refractivity contribution in [3.63, 3.8) is 0 Å². The lowest BCUT2D eigenvalue weighted by Crippen LogP contribution is -2.25. The Morgan fingerprint density at radius 3 is 2.47 bits per heavy atom. The maximum atomic E-state index is 12.9. The van der Waals surface area contributed by atoms with Crippen LogP contribution in [0.4, 0.5) is 21.9 Å². The molecule has 8 nitrogen and oxygen atoms in total. The molecular formula is C23H21N3O5S. The highest BCUT2D eigenvalue weighted by Gasteiger charge is 2.26. The maximum Gasteiger partial charge on any atom is 0.414 e. The van der Waals surface area contributed by atoms with Gasteiger partial charge in [-0.25, -0.2) is 13.2 Å². The Kier molecular flexibility index (Phi) is 5.83. The summed E-state index contributed by atoms with van der Waals surface area (Å²) in [6.07, 6.45) is -0.484. The number of aryl methyl sites for hydroxylation is 1. The lowest BCUT2D eigenvalue weighted by molar-refractivity contribution is 0.102. The topological polar surface area (TPSA) is 105 Å². The van der Waals surface area contributed by atoms with Gasteiger partial charge in [-0.2, -0.15) is 0 Å². The summed E-state index contributed by atoms with van der Waals surface area (Å²) in [5.74, 6) is -0.502. The number of anilines is 3. The van der Waals surface area contributed by atoms with E-state index >= 15 is 0 Å². The molecule has 0 saturated carbocycles. The number of carbonyl (C=O) groups excluding carboxylic acids is 2. The summed E-state index contributed by atoms with van der Waals surface area (Å²) in [6.45, 7) is 2.56. The summed E-state index contributed by atoms with van der Waals surface area (Å²) < 4.78 is 33.1. The molecule has 0 atom stereocenters. The van der Waals surface area contributed by atoms with Gasteiger partial charge in [-0.1, -0.05) is 35.9 Å². The number of para-hydroxylation sites is 2. The summed E-state index contributed by atoms with van der Waals surface area (Å²) in [5.41, 5.74) is 2.53. The number of benzene rings is 3. The van der Waals surface area contributed by atoms with E-state index in [-0.39, 0.29) is 17.1 Å². The standard InChI is InChI=1S/C23H21N3O5S/c1-16-9-11-18(12-10-16)25-32(29,30)19-6-4-5-17(15-19)22(27)24-20-7-2-3-8-21(20)26-13-14-31-23(26)28/h2-12,15,25H,13-14H2,1H3,(H,24,27). The molecule has 1 fully saturated rings. The van der Waals surface area contributed by atoms with Crippen LogP contribution in [0.1, 0.15) is 15.9 Å². The molecule has 32 heavy (non-hydrogen) atoms. The molecule has 0 bridgehead atoms. The first-order valence-electron chi connectivity index (χ1n) is 9.88. The molecule has 3 aromatic carbocycles. The van der Waals surface area contributed by atoms with Crippen molar-refractivity contribution in [3.8, 4) is 0 Å². The smallest absolute Gasteiger partial charge is 0.414 e. The SMILES string of the molecule is Cc1ccc(NS(=O)(=O)c2cccc(C(=O)Nc3ccccc3N3CCOC3=O)c2)cc1. The number of hydrogen-bond donors (Lipinski definition) is 2. The molecular weight excluding hydrogens is 430 g/mol. The molecule has 1 saturated heterocycles. The number of sulfonamides is 1. The zero-order valence-corrected chi connectivity index (χ0v) is 18.1. The fraction of sp³-hybridized carbons (Fsp3) is 0.130. The van der Waals surface area contributed by atoms with Gasteiger partial charge in [0, 0.05) is 11.3 Å². The second kappa shape index (κ2) is 8.72. The third-order valence-electron chi connectivity index (χ3n) is 4.91. The summed E-state index contributed by atoms with van der Waals surface area (Å²) in [5, 5.41) is 2.76. The minimum absolute atomic E-state index is 0.0397. The Bertz CT molecular complexity index is 1270. The fourth-order valence-corrected chi connectivity index (χ4v) is 4.37. The third-order valence-corrected chi connectivity index (χ3v) is 6.29. The monoisotopic (exact) mass is 451 g/mol. The lowest BCUT2D eigenvalue weighted by Gasteiger charge is -2.17. The van der Waals surface area contributed by atoms with Crippen LogP contribution in [0.3, 0.4) is 0 Å². The molecule has 1 heterocycles. The van der Waals surface area contributed by atoms with Crippen molar-refractivity contribution in [1.29, 1.82) is 0 Å². The highest BCUT2D eigenvalue weighted by molar-refractivity contribution is 7.92. The average Bonchev–Trinajstić information content (AvgIpc) is 3.21. The van der Waals surface area contributed by atoms with Crippen molar-refractivity contribution in [2.24, 2.45) is 0 Å².